The van der Waals surface area contributed by atoms with Crippen LogP contribution in [0.3, 0.4) is 0 Å². The zero-order valence-corrected chi connectivity index (χ0v) is 21.6. The number of rotatable bonds is 7. The molecule has 6 rings (SSSR count). The number of hydrogen-bond donors (Lipinski definition) is 1. The van der Waals surface area contributed by atoms with Crippen LogP contribution in [0.2, 0.25) is 0 Å². The summed E-state index contributed by atoms with van der Waals surface area (Å²) >= 11 is 5.91. The van der Waals surface area contributed by atoms with Gasteiger partial charge in [0, 0.05) is 36.9 Å². The van der Waals surface area contributed by atoms with Crippen LogP contribution in [0.25, 0.3) is 0 Å². The van der Waals surface area contributed by atoms with Crippen LogP contribution >= 0.6 is 12.2 Å². The lowest BCUT2D eigenvalue weighted by Crippen LogP contribution is -2.31. The van der Waals surface area contributed by atoms with E-state index in [4.69, 9.17) is 21.7 Å². The number of ether oxygens (including phenoxy) is 2. The number of hydrogen-bond acceptors (Lipinski definition) is 4. The normalized spacial score (nSPS) is 21.3. The predicted molar refractivity (Wildman–Crippen MR) is 149 cm³/mol. The monoisotopic (exact) mass is 510 g/mol. The van der Waals surface area contributed by atoms with Gasteiger partial charge in [-0.15, -0.1) is 0 Å². The fourth-order valence-electron chi connectivity index (χ4n) is 5.28. The van der Waals surface area contributed by atoms with Crippen molar-refractivity contribution < 1.29 is 9.47 Å². The van der Waals surface area contributed by atoms with Gasteiger partial charge in [-0.2, -0.15) is 0 Å². The molecule has 0 bridgehead atoms. The van der Waals surface area contributed by atoms with Crippen molar-refractivity contribution in [1.82, 2.24) is 14.9 Å². The minimum absolute atomic E-state index is 0.0676. The molecule has 0 amide bonds. The Morgan fingerprint density at radius 1 is 1.03 bits per heavy atom. The molecule has 2 aliphatic heterocycles. The summed E-state index contributed by atoms with van der Waals surface area (Å²) in [6.45, 7) is 3.72. The highest BCUT2D eigenvalue weighted by atomic mass is 32.1. The molecule has 37 heavy (non-hydrogen) atoms. The maximum Gasteiger partial charge on any atom is 0.174 e. The highest BCUT2D eigenvalue weighted by Crippen LogP contribution is 2.42. The third-order valence-corrected chi connectivity index (χ3v) is 7.44. The van der Waals surface area contributed by atoms with Gasteiger partial charge in [-0.3, -0.25) is 4.98 Å². The molecule has 0 radical (unpaired) electrons. The lowest BCUT2D eigenvalue weighted by atomic mass is 10.0. The fourth-order valence-corrected chi connectivity index (χ4v) is 5.62. The third-order valence-electron chi connectivity index (χ3n) is 7.13. The standard InChI is InChI=1S/C30H30N4O2S/c1-21-8-2-3-12-27(21)36-23-15-13-22(14-16-23)34-29(28(32-30(34)37)25-10-4-5-17-31-25)26-11-6-18-33(26)20-24-9-7-19-35-24/h2-6,8,10-18,24,28-29H,7,9,19-20H2,1H3,(H,32,37)/t24-,28+,29+/m0/s1. The van der Waals surface area contributed by atoms with E-state index in [1.165, 1.54) is 5.69 Å². The van der Waals surface area contributed by atoms with Crippen molar-refractivity contribution in [1.29, 1.82) is 0 Å². The van der Waals surface area contributed by atoms with Crippen molar-refractivity contribution in [2.75, 3.05) is 11.5 Å². The second-order valence-electron chi connectivity index (χ2n) is 9.58. The number of anilines is 1. The van der Waals surface area contributed by atoms with Crippen LogP contribution in [0.15, 0.2) is 91.3 Å². The Morgan fingerprint density at radius 2 is 1.86 bits per heavy atom. The Kier molecular flexibility index (Phi) is 6.64. The van der Waals surface area contributed by atoms with Crippen LogP contribution in [-0.4, -0.2) is 27.4 Å². The van der Waals surface area contributed by atoms with Gasteiger partial charge in [0.25, 0.3) is 0 Å². The van der Waals surface area contributed by atoms with Crippen LogP contribution in [0.1, 0.15) is 41.9 Å². The molecule has 2 saturated heterocycles. The summed E-state index contributed by atoms with van der Waals surface area (Å²) in [6.07, 6.45) is 6.44. The first-order valence-corrected chi connectivity index (χ1v) is 13.2. The van der Waals surface area contributed by atoms with E-state index in [0.29, 0.717) is 5.11 Å². The summed E-state index contributed by atoms with van der Waals surface area (Å²) in [4.78, 5) is 6.88. The molecule has 2 aromatic carbocycles. The summed E-state index contributed by atoms with van der Waals surface area (Å²) in [5.41, 5.74) is 4.24. The molecule has 7 heteroatoms. The zero-order valence-electron chi connectivity index (χ0n) is 20.8. The van der Waals surface area contributed by atoms with Gasteiger partial charge in [-0.05, 0) is 92.1 Å². The van der Waals surface area contributed by atoms with Crippen LogP contribution in [-0.2, 0) is 11.3 Å². The predicted octanol–water partition coefficient (Wildman–Crippen LogP) is 6.34. The Hall–Kier alpha value is -3.68. The number of pyridine rings is 1. The minimum atomic E-state index is -0.0882. The number of thiocarbonyl (C=S) groups is 1. The molecule has 0 aliphatic carbocycles. The van der Waals surface area contributed by atoms with Gasteiger partial charge < -0.3 is 24.3 Å². The number of aromatic nitrogens is 2. The van der Waals surface area contributed by atoms with E-state index in [2.05, 4.69) is 56.3 Å². The molecule has 3 atom stereocenters. The average molecular weight is 511 g/mol. The number of nitrogens with one attached hydrogen (secondary N) is 1. The van der Waals surface area contributed by atoms with Gasteiger partial charge in [-0.25, -0.2) is 0 Å². The summed E-state index contributed by atoms with van der Waals surface area (Å²) in [5, 5.41) is 4.24. The first-order chi connectivity index (χ1) is 18.2. The quantitative estimate of drug-likeness (QED) is 0.293. The first-order valence-electron chi connectivity index (χ1n) is 12.8. The van der Waals surface area contributed by atoms with Crippen molar-refractivity contribution >= 4 is 23.0 Å². The Morgan fingerprint density at radius 3 is 2.62 bits per heavy atom. The summed E-state index contributed by atoms with van der Waals surface area (Å²) in [6, 6.07) is 26.3. The molecule has 6 nitrogen and oxygen atoms in total. The highest BCUT2D eigenvalue weighted by molar-refractivity contribution is 7.80. The Labute approximate surface area is 222 Å². The molecule has 2 aromatic heterocycles. The second-order valence-corrected chi connectivity index (χ2v) is 9.97. The number of nitrogens with zero attached hydrogens (tertiary/aromatic N) is 3. The van der Waals surface area contributed by atoms with Crippen molar-refractivity contribution in [2.24, 2.45) is 0 Å². The lowest BCUT2D eigenvalue weighted by molar-refractivity contribution is 0.0961. The van der Waals surface area contributed by atoms with Crippen LogP contribution < -0.4 is 15.0 Å². The van der Waals surface area contributed by atoms with Gasteiger partial charge in [-0.1, -0.05) is 24.3 Å². The molecule has 188 valence electrons. The molecule has 0 unspecified atom stereocenters. The number of benzene rings is 2. The Bertz CT molecular complexity index is 1370. The topological polar surface area (TPSA) is 51.5 Å². The average Bonchev–Trinajstić information content (AvgIpc) is 3.67. The maximum atomic E-state index is 6.14. The largest absolute Gasteiger partial charge is 0.457 e. The van der Waals surface area contributed by atoms with Crippen molar-refractivity contribution in [3.05, 3.63) is 108 Å². The number of aryl methyl sites for hydroxylation is 1. The van der Waals surface area contributed by atoms with E-state index in [1.807, 2.05) is 61.7 Å². The van der Waals surface area contributed by atoms with E-state index in [9.17, 15) is 0 Å². The smallest absolute Gasteiger partial charge is 0.174 e. The van der Waals surface area contributed by atoms with Gasteiger partial charge in [0.2, 0.25) is 0 Å². The van der Waals surface area contributed by atoms with Crippen LogP contribution in [0.5, 0.6) is 11.5 Å². The molecule has 1 N–H and O–H groups in total. The van der Waals surface area contributed by atoms with Gasteiger partial charge in [0.15, 0.2) is 5.11 Å². The second kappa shape index (κ2) is 10.4. The summed E-state index contributed by atoms with van der Waals surface area (Å²) < 4.78 is 14.4. The van der Waals surface area contributed by atoms with Crippen LogP contribution in [0, 0.1) is 6.92 Å². The molecule has 0 spiro atoms. The van der Waals surface area contributed by atoms with Gasteiger partial charge in [0.1, 0.15) is 17.5 Å². The molecular weight excluding hydrogens is 480 g/mol. The van der Waals surface area contributed by atoms with E-state index in [-0.39, 0.29) is 18.2 Å². The summed E-state index contributed by atoms with van der Waals surface area (Å²) in [5.74, 6) is 1.64. The van der Waals surface area contributed by atoms with E-state index in [0.717, 1.165) is 54.4 Å². The minimum Gasteiger partial charge on any atom is -0.457 e. The van der Waals surface area contributed by atoms with E-state index < -0.39 is 0 Å². The lowest BCUT2D eigenvalue weighted by Gasteiger charge is -2.29. The van der Waals surface area contributed by atoms with Crippen molar-refractivity contribution in [2.45, 2.75) is 44.5 Å². The Balaban J connectivity index is 1.34. The SMILES string of the molecule is Cc1ccccc1Oc1ccc(N2C(=S)N[C@H](c3ccccn3)[C@H]2c2cccn2C[C@@H]2CCCO2)cc1. The molecule has 2 fully saturated rings. The molecule has 4 aromatic rings. The third kappa shape index (κ3) is 4.84. The van der Waals surface area contributed by atoms with E-state index >= 15 is 0 Å². The first kappa shape index (κ1) is 23.7. The van der Waals surface area contributed by atoms with Crippen molar-refractivity contribution in [3.8, 4) is 11.5 Å². The summed E-state index contributed by atoms with van der Waals surface area (Å²) in [7, 11) is 0. The molecule has 4 heterocycles. The van der Waals surface area contributed by atoms with Crippen molar-refractivity contribution in [3.63, 3.8) is 0 Å². The fraction of sp³-hybridized carbons (Fsp3) is 0.267. The molecular formula is C30H30N4O2S. The van der Waals surface area contributed by atoms with E-state index in [1.54, 1.807) is 0 Å². The van der Waals surface area contributed by atoms with Gasteiger partial charge in [0.05, 0.1) is 17.8 Å². The zero-order chi connectivity index (χ0) is 25.2. The van der Waals surface area contributed by atoms with Crippen LogP contribution in [0.4, 0.5) is 5.69 Å². The molecule has 0 saturated carbocycles. The highest BCUT2D eigenvalue weighted by Gasteiger charge is 2.42. The molecule has 2 aliphatic rings. The number of para-hydroxylation sites is 1. The van der Waals surface area contributed by atoms with Gasteiger partial charge >= 0.3 is 0 Å². The maximum absolute atomic E-state index is 6.14.